The van der Waals surface area contributed by atoms with E-state index in [9.17, 15) is 0 Å². The second-order valence-electron chi connectivity index (χ2n) is 6.34. The monoisotopic (exact) mass is 379 g/mol. The van der Waals surface area contributed by atoms with Crippen molar-refractivity contribution in [3.8, 4) is 11.1 Å². The van der Waals surface area contributed by atoms with E-state index in [2.05, 4.69) is 54.4 Å². The van der Waals surface area contributed by atoms with E-state index in [4.69, 9.17) is 0 Å². The molecule has 0 fully saturated rings. The summed E-state index contributed by atoms with van der Waals surface area (Å²) in [4.78, 5) is 10.1. The maximum absolute atomic E-state index is 4.59. The van der Waals surface area contributed by atoms with Crippen LogP contribution in [0.2, 0.25) is 0 Å². The Morgan fingerprint density at radius 2 is 1.92 bits per heavy atom. The average Bonchev–Trinajstić information content (AvgIpc) is 3.20. The van der Waals surface area contributed by atoms with Crippen molar-refractivity contribution >= 4 is 33.3 Å². The number of hydrogen-bond donors (Lipinski definition) is 0. The molecule has 1 aromatic carbocycles. The Morgan fingerprint density at radius 3 is 2.85 bits per heavy atom. The van der Waals surface area contributed by atoms with Crippen LogP contribution in [0.25, 0.3) is 21.3 Å². The van der Waals surface area contributed by atoms with E-state index >= 15 is 0 Å². The summed E-state index contributed by atoms with van der Waals surface area (Å²) in [5.41, 5.74) is 2.37. The number of hydrogen-bond acceptors (Lipinski definition) is 6. The van der Waals surface area contributed by atoms with Crippen LogP contribution < -0.4 is 0 Å². The molecule has 5 nitrogen and oxygen atoms in total. The number of rotatable bonds is 3. The molecule has 130 valence electrons. The van der Waals surface area contributed by atoms with E-state index in [0.717, 1.165) is 39.2 Å². The minimum absolute atomic E-state index is 0.937. The summed E-state index contributed by atoms with van der Waals surface area (Å²) in [6.45, 7) is 0.994. The Bertz CT molecular complexity index is 1050. The van der Waals surface area contributed by atoms with Gasteiger partial charge in [0.15, 0.2) is 5.16 Å². The molecule has 0 N–H and O–H groups in total. The van der Waals surface area contributed by atoms with Crippen LogP contribution in [0.3, 0.4) is 0 Å². The molecular weight excluding hydrogens is 362 g/mol. The topological polar surface area (TPSA) is 56.5 Å². The molecule has 0 spiro atoms. The van der Waals surface area contributed by atoms with Crippen LogP contribution in [0.4, 0.5) is 0 Å². The molecule has 0 saturated heterocycles. The highest BCUT2D eigenvalue weighted by atomic mass is 32.2. The predicted octanol–water partition coefficient (Wildman–Crippen LogP) is 4.83. The van der Waals surface area contributed by atoms with Crippen LogP contribution in [0, 0.1) is 0 Å². The van der Waals surface area contributed by atoms with Crippen LogP contribution in [0.5, 0.6) is 0 Å². The van der Waals surface area contributed by atoms with E-state index in [1.807, 2.05) is 6.07 Å². The average molecular weight is 380 g/mol. The molecule has 0 bridgehead atoms. The van der Waals surface area contributed by atoms with Gasteiger partial charge in [-0.25, -0.2) is 9.97 Å². The molecule has 7 heteroatoms. The van der Waals surface area contributed by atoms with E-state index in [-0.39, 0.29) is 0 Å². The van der Waals surface area contributed by atoms with Crippen molar-refractivity contribution in [3.05, 3.63) is 47.9 Å². The SMILES string of the molecule is c1ccc(-c2csc3ncnc(Sc4nnc5n4CCCCC5)c23)cc1. The van der Waals surface area contributed by atoms with Crippen LogP contribution >= 0.6 is 23.1 Å². The first kappa shape index (κ1) is 16.0. The highest BCUT2D eigenvalue weighted by Crippen LogP contribution is 2.39. The van der Waals surface area contributed by atoms with Gasteiger partial charge in [-0.15, -0.1) is 21.5 Å². The van der Waals surface area contributed by atoms with Crippen molar-refractivity contribution in [3.63, 3.8) is 0 Å². The van der Waals surface area contributed by atoms with E-state index < -0.39 is 0 Å². The largest absolute Gasteiger partial charge is 0.306 e. The molecule has 5 rings (SSSR count). The van der Waals surface area contributed by atoms with Crippen molar-refractivity contribution in [2.75, 3.05) is 0 Å². The number of benzene rings is 1. The first-order valence-electron chi connectivity index (χ1n) is 8.78. The highest BCUT2D eigenvalue weighted by Gasteiger charge is 2.19. The second kappa shape index (κ2) is 6.81. The molecule has 4 aromatic rings. The van der Waals surface area contributed by atoms with Crippen LogP contribution in [0.15, 0.2) is 52.2 Å². The lowest BCUT2D eigenvalue weighted by Crippen LogP contribution is -2.02. The Balaban J connectivity index is 1.60. The Morgan fingerprint density at radius 1 is 1.00 bits per heavy atom. The van der Waals surface area contributed by atoms with E-state index in [0.29, 0.717) is 0 Å². The Labute approximate surface area is 159 Å². The van der Waals surface area contributed by atoms with Gasteiger partial charge in [-0.1, -0.05) is 36.8 Å². The second-order valence-corrected chi connectivity index (χ2v) is 8.15. The third-order valence-electron chi connectivity index (χ3n) is 4.68. The third kappa shape index (κ3) is 2.81. The molecular formula is C19H17N5S2. The zero-order valence-corrected chi connectivity index (χ0v) is 15.8. The molecule has 1 aliphatic heterocycles. The zero-order valence-electron chi connectivity index (χ0n) is 14.1. The van der Waals surface area contributed by atoms with Crippen LogP contribution in [-0.2, 0) is 13.0 Å². The van der Waals surface area contributed by atoms with Gasteiger partial charge in [0.2, 0.25) is 0 Å². The van der Waals surface area contributed by atoms with Crippen molar-refractivity contribution in [2.45, 2.75) is 42.4 Å². The zero-order chi connectivity index (χ0) is 17.3. The lowest BCUT2D eigenvalue weighted by Gasteiger charge is -2.07. The molecule has 3 aromatic heterocycles. The number of thiophene rings is 1. The predicted molar refractivity (Wildman–Crippen MR) is 105 cm³/mol. The molecule has 0 atom stereocenters. The van der Waals surface area contributed by atoms with Gasteiger partial charge in [-0.3, -0.25) is 0 Å². The highest BCUT2D eigenvalue weighted by molar-refractivity contribution is 7.99. The van der Waals surface area contributed by atoms with Gasteiger partial charge >= 0.3 is 0 Å². The quantitative estimate of drug-likeness (QED) is 0.477. The molecule has 0 radical (unpaired) electrons. The Hall–Kier alpha value is -2.25. The number of nitrogens with zero attached hydrogens (tertiary/aromatic N) is 5. The molecule has 0 saturated carbocycles. The lowest BCUT2D eigenvalue weighted by atomic mass is 10.1. The van der Waals surface area contributed by atoms with E-state index in [1.54, 1.807) is 29.4 Å². The number of aryl methyl sites for hydroxylation is 1. The van der Waals surface area contributed by atoms with Crippen molar-refractivity contribution < 1.29 is 0 Å². The summed E-state index contributed by atoms with van der Waals surface area (Å²) in [5, 5.41) is 14.0. The van der Waals surface area contributed by atoms with E-state index in [1.165, 1.54) is 30.4 Å². The summed E-state index contributed by atoms with van der Waals surface area (Å²) in [7, 11) is 0. The van der Waals surface area contributed by atoms with Crippen molar-refractivity contribution in [2.24, 2.45) is 0 Å². The molecule has 1 aliphatic rings. The summed E-state index contributed by atoms with van der Waals surface area (Å²) >= 11 is 3.27. The van der Waals surface area contributed by atoms with Gasteiger partial charge in [-0.05, 0) is 30.2 Å². The maximum Gasteiger partial charge on any atom is 0.197 e. The van der Waals surface area contributed by atoms with Crippen molar-refractivity contribution in [1.29, 1.82) is 0 Å². The number of aromatic nitrogens is 5. The fourth-order valence-electron chi connectivity index (χ4n) is 3.38. The summed E-state index contributed by atoms with van der Waals surface area (Å²) in [6.07, 6.45) is 6.30. The minimum Gasteiger partial charge on any atom is -0.306 e. The molecule has 0 amide bonds. The lowest BCUT2D eigenvalue weighted by molar-refractivity contribution is 0.591. The molecule has 26 heavy (non-hydrogen) atoms. The van der Waals surface area contributed by atoms with Gasteiger partial charge < -0.3 is 4.57 Å². The molecule has 0 unspecified atom stereocenters. The summed E-state index contributed by atoms with van der Waals surface area (Å²) in [5.74, 6) is 1.10. The first-order valence-corrected chi connectivity index (χ1v) is 10.5. The molecule has 4 heterocycles. The van der Waals surface area contributed by atoms with Gasteiger partial charge in [0.05, 0.1) is 5.39 Å². The van der Waals surface area contributed by atoms with Gasteiger partial charge in [0.1, 0.15) is 22.0 Å². The number of fused-ring (bicyclic) bond motifs is 2. The first-order chi connectivity index (χ1) is 12.9. The summed E-state index contributed by atoms with van der Waals surface area (Å²) < 4.78 is 2.26. The van der Waals surface area contributed by atoms with Gasteiger partial charge in [0.25, 0.3) is 0 Å². The van der Waals surface area contributed by atoms with Crippen molar-refractivity contribution in [1.82, 2.24) is 24.7 Å². The van der Waals surface area contributed by atoms with Gasteiger partial charge in [-0.2, -0.15) is 0 Å². The maximum atomic E-state index is 4.59. The normalized spacial score (nSPS) is 14.3. The fourth-order valence-corrected chi connectivity index (χ4v) is 5.33. The van der Waals surface area contributed by atoms with Gasteiger partial charge in [0, 0.05) is 23.9 Å². The smallest absolute Gasteiger partial charge is 0.197 e. The summed E-state index contributed by atoms with van der Waals surface area (Å²) in [6, 6.07) is 10.4. The fraction of sp³-hybridized carbons (Fsp3) is 0.263. The molecule has 0 aliphatic carbocycles. The van der Waals surface area contributed by atoms with Crippen LogP contribution in [-0.4, -0.2) is 24.7 Å². The minimum atomic E-state index is 0.937. The standard InChI is InChI=1S/C19H17N5S2/c1-3-7-13(8-4-1)14-11-25-17-16(14)18(21-12-20-17)26-19-23-22-15-9-5-2-6-10-24(15)19/h1,3-4,7-8,11-12H,2,5-6,9-10H2. The van der Waals surface area contributed by atoms with Crippen LogP contribution in [0.1, 0.15) is 25.1 Å². The third-order valence-corrected chi connectivity index (χ3v) is 6.56. The Kier molecular flexibility index (Phi) is 4.18.